The monoisotopic (exact) mass is 413 g/mol. The van der Waals surface area contributed by atoms with E-state index in [9.17, 15) is 0 Å². The molecule has 1 nitrogen and oxygen atoms in total. The Morgan fingerprint density at radius 3 is 2.67 bits per heavy atom. The highest BCUT2D eigenvalue weighted by molar-refractivity contribution is 14.1. The number of nitrogens with one attached hydrogen (secondary N) is 1. The number of hydrogen-bond acceptors (Lipinski definition) is 1. The van der Waals surface area contributed by atoms with Crippen LogP contribution >= 0.6 is 34.2 Å². The molecule has 112 valence electrons. The molecule has 1 atom stereocenters. The Kier molecular flexibility index (Phi) is 6.52. The summed E-state index contributed by atoms with van der Waals surface area (Å²) in [5.41, 5.74) is 3.96. The highest BCUT2D eigenvalue weighted by Crippen LogP contribution is 2.29. The van der Waals surface area contributed by atoms with Gasteiger partial charge in [-0.2, -0.15) is 0 Å². The van der Waals surface area contributed by atoms with Gasteiger partial charge in [-0.25, -0.2) is 0 Å². The summed E-state index contributed by atoms with van der Waals surface area (Å²) in [6.07, 6.45) is 2.29. The predicted molar refractivity (Wildman–Crippen MR) is 100 cm³/mol. The topological polar surface area (TPSA) is 12.0 Å². The zero-order chi connectivity index (χ0) is 15.2. The van der Waals surface area contributed by atoms with Crippen molar-refractivity contribution in [1.29, 1.82) is 0 Å². The lowest BCUT2D eigenvalue weighted by atomic mass is 9.96. The van der Waals surface area contributed by atoms with E-state index in [0.717, 1.165) is 18.0 Å². The summed E-state index contributed by atoms with van der Waals surface area (Å²) >= 11 is 8.58. The average molecular weight is 414 g/mol. The molecule has 0 spiro atoms. The van der Waals surface area contributed by atoms with Crippen LogP contribution < -0.4 is 5.32 Å². The summed E-state index contributed by atoms with van der Waals surface area (Å²) < 4.78 is 1.24. The molecule has 2 rings (SSSR count). The van der Waals surface area contributed by atoms with Crippen molar-refractivity contribution in [3.63, 3.8) is 0 Å². The highest BCUT2D eigenvalue weighted by Gasteiger charge is 2.16. The summed E-state index contributed by atoms with van der Waals surface area (Å²) in [5, 5.41) is 4.38. The first-order valence-corrected chi connectivity index (χ1v) is 8.88. The van der Waals surface area contributed by atoms with Gasteiger partial charge in [0.25, 0.3) is 0 Å². The SMILES string of the molecule is CCCc1cccc(C(NCC)c2cc(Cl)ccc2I)c1. The molecule has 21 heavy (non-hydrogen) atoms. The second-order valence-corrected chi connectivity index (χ2v) is 6.75. The summed E-state index contributed by atoms with van der Waals surface area (Å²) in [4.78, 5) is 0. The number of halogens is 2. The maximum atomic E-state index is 6.20. The van der Waals surface area contributed by atoms with E-state index in [-0.39, 0.29) is 6.04 Å². The molecule has 0 amide bonds. The molecule has 2 aromatic carbocycles. The molecule has 2 aromatic rings. The number of benzene rings is 2. The maximum Gasteiger partial charge on any atom is 0.0587 e. The molecule has 0 saturated heterocycles. The predicted octanol–water partition coefficient (Wildman–Crippen LogP) is 5.60. The normalized spacial score (nSPS) is 12.4. The third kappa shape index (κ3) is 4.44. The molecular formula is C18H21ClIN. The summed E-state index contributed by atoms with van der Waals surface area (Å²) in [6, 6.07) is 15.2. The molecule has 0 heterocycles. The zero-order valence-electron chi connectivity index (χ0n) is 12.5. The first kappa shape index (κ1) is 16.8. The lowest BCUT2D eigenvalue weighted by Gasteiger charge is -2.21. The van der Waals surface area contributed by atoms with Gasteiger partial charge in [0.2, 0.25) is 0 Å². The van der Waals surface area contributed by atoms with Crippen LogP contribution in [-0.4, -0.2) is 6.54 Å². The molecule has 0 saturated carbocycles. The summed E-state index contributed by atoms with van der Waals surface area (Å²) in [5.74, 6) is 0. The van der Waals surface area contributed by atoms with E-state index in [1.54, 1.807) is 0 Å². The van der Waals surface area contributed by atoms with Gasteiger partial charge in [0, 0.05) is 8.59 Å². The molecule has 0 aliphatic heterocycles. The second kappa shape index (κ2) is 8.16. The van der Waals surface area contributed by atoms with Crippen molar-refractivity contribution in [2.24, 2.45) is 0 Å². The number of aryl methyl sites for hydroxylation is 1. The minimum Gasteiger partial charge on any atom is -0.306 e. The van der Waals surface area contributed by atoms with Crippen LogP contribution in [0.2, 0.25) is 5.02 Å². The van der Waals surface area contributed by atoms with Gasteiger partial charge in [-0.3, -0.25) is 0 Å². The lowest BCUT2D eigenvalue weighted by Crippen LogP contribution is -2.23. The third-order valence-electron chi connectivity index (χ3n) is 3.50. The van der Waals surface area contributed by atoms with Gasteiger partial charge in [0.05, 0.1) is 6.04 Å². The van der Waals surface area contributed by atoms with Crippen LogP contribution in [0.4, 0.5) is 0 Å². The molecule has 0 bridgehead atoms. The van der Waals surface area contributed by atoms with Crippen LogP contribution in [0.1, 0.15) is 43.0 Å². The van der Waals surface area contributed by atoms with Crippen LogP contribution in [0, 0.1) is 3.57 Å². The van der Waals surface area contributed by atoms with E-state index in [1.165, 1.54) is 26.7 Å². The van der Waals surface area contributed by atoms with E-state index in [0.29, 0.717) is 0 Å². The Balaban J connectivity index is 2.42. The molecule has 0 fully saturated rings. The summed E-state index contributed by atoms with van der Waals surface area (Å²) in [7, 11) is 0. The van der Waals surface area contributed by atoms with Crippen LogP contribution in [0.25, 0.3) is 0 Å². The number of hydrogen-bond donors (Lipinski definition) is 1. The van der Waals surface area contributed by atoms with E-state index < -0.39 is 0 Å². The first-order valence-electron chi connectivity index (χ1n) is 7.42. The largest absolute Gasteiger partial charge is 0.306 e. The molecule has 0 aromatic heterocycles. The lowest BCUT2D eigenvalue weighted by molar-refractivity contribution is 0.627. The van der Waals surface area contributed by atoms with Crippen LogP contribution in [0.5, 0.6) is 0 Å². The van der Waals surface area contributed by atoms with E-state index >= 15 is 0 Å². The van der Waals surface area contributed by atoms with Gasteiger partial charge >= 0.3 is 0 Å². The van der Waals surface area contributed by atoms with Gasteiger partial charge in [0.1, 0.15) is 0 Å². The standard InChI is InChI=1S/C18H21ClIN/c1-3-6-13-7-5-8-14(11-13)18(21-4-2)16-12-15(19)9-10-17(16)20/h5,7-12,18,21H,3-4,6H2,1-2H3. The van der Waals surface area contributed by atoms with Gasteiger partial charge in [-0.05, 0) is 70.4 Å². The van der Waals surface area contributed by atoms with Crippen LogP contribution in [-0.2, 0) is 6.42 Å². The maximum absolute atomic E-state index is 6.20. The van der Waals surface area contributed by atoms with Gasteiger partial charge in [0.15, 0.2) is 0 Å². The zero-order valence-corrected chi connectivity index (χ0v) is 15.4. The van der Waals surface area contributed by atoms with Gasteiger partial charge < -0.3 is 5.32 Å². The molecule has 0 aliphatic carbocycles. The Hall–Kier alpha value is -0.580. The van der Waals surface area contributed by atoms with Crippen molar-refractivity contribution < 1.29 is 0 Å². The minimum absolute atomic E-state index is 0.192. The van der Waals surface area contributed by atoms with E-state index in [2.05, 4.69) is 78.2 Å². The van der Waals surface area contributed by atoms with Crippen LogP contribution in [0.15, 0.2) is 42.5 Å². The van der Waals surface area contributed by atoms with Gasteiger partial charge in [-0.1, -0.05) is 56.1 Å². The fourth-order valence-electron chi connectivity index (χ4n) is 2.56. The first-order chi connectivity index (χ1) is 10.2. The Morgan fingerprint density at radius 2 is 1.95 bits per heavy atom. The third-order valence-corrected chi connectivity index (χ3v) is 4.72. The smallest absolute Gasteiger partial charge is 0.0587 e. The molecular weight excluding hydrogens is 393 g/mol. The fourth-order valence-corrected chi connectivity index (χ4v) is 3.39. The molecule has 0 aliphatic rings. The Morgan fingerprint density at radius 1 is 1.14 bits per heavy atom. The van der Waals surface area contributed by atoms with Crippen molar-refractivity contribution in [1.82, 2.24) is 5.32 Å². The molecule has 1 N–H and O–H groups in total. The molecule has 1 unspecified atom stereocenters. The minimum atomic E-state index is 0.192. The van der Waals surface area contributed by atoms with Crippen molar-refractivity contribution in [2.45, 2.75) is 32.7 Å². The van der Waals surface area contributed by atoms with E-state index in [4.69, 9.17) is 11.6 Å². The second-order valence-electron chi connectivity index (χ2n) is 5.15. The Labute approximate surface area is 146 Å². The molecule has 0 radical (unpaired) electrons. The van der Waals surface area contributed by atoms with Crippen molar-refractivity contribution >= 4 is 34.2 Å². The Bertz CT molecular complexity index is 598. The average Bonchev–Trinajstić information content (AvgIpc) is 2.48. The molecule has 3 heteroatoms. The number of rotatable bonds is 6. The van der Waals surface area contributed by atoms with Crippen molar-refractivity contribution in [3.05, 3.63) is 67.7 Å². The summed E-state index contributed by atoms with van der Waals surface area (Å²) in [6.45, 7) is 5.28. The fraction of sp³-hybridized carbons (Fsp3) is 0.333. The van der Waals surface area contributed by atoms with Crippen molar-refractivity contribution in [3.8, 4) is 0 Å². The highest BCUT2D eigenvalue weighted by atomic mass is 127. The van der Waals surface area contributed by atoms with E-state index in [1.807, 2.05) is 6.07 Å². The van der Waals surface area contributed by atoms with Crippen LogP contribution in [0.3, 0.4) is 0 Å². The van der Waals surface area contributed by atoms with Crippen molar-refractivity contribution in [2.75, 3.05) is 6.54 Å². The van der Waals surface area contributed by atoms with Gasteiger partial charge in [-0.15, -0.1) is 0 Å². The quantitative estimate of drug-likeness (QED) is 0.608.